The van der Waals surface area contributed by atoms with Gasteiger partial charge in [0.25, 0.3) is 5.91 Å². The first-order valence-corrected chi connectivity index (χ1v) is 8.77. The molecule has 2 aromatic heterocycles. The molecule has 0 aliphatic heterocycles. The zero-order chi connectivity index (χ0) is 21.1. The number of rotatable bonds is 3. The minimum Gasteiger partial charge on any atom is -0.478 e. The summed E-state index contributed by atoms with van der Waals surface area (Å²) >= 11 is 0. The molecule has 0 radical (unpaired) electrons. The number of halogens is 1. The van der Waals surface area contributed by atoms with Crippen LogP contribution in [0.25, 0.3) is 11.0 Å². The number of pyridine rings is 1. The molecule has 2 aromatic carbocycles. The van der Waals surface area contributed by atoms with E-state index >= 15 is 0 Å². The van der Waals surface area contributed by atoms with E-state index in [2.05, 4.69) is 32.1 Å². The normalized spacial score (nSPS) is 10.3. The minimum absolute atomic E-state index is 0.0282. The zero-order valence-corrected chi connectivity index (χ0v) is 15.3. The number of benzene rings is 2. The first-order valence-electron chi connectivity index (χ1n) is 8.77. The van der Waals surface area contributed by atoms with Gasteiger partial charge in [-0.05, 0) is 54.5 Å². The first-order chi connectivity index (χ1) is 14.5. The highest BCUT2D eigenvalue weighted by Gasteiger charge is 2.15. The molecule has 3 N–H and O–H groups in total. The van der Waals surface area contributed by atoms with E-state index in [4.69, 9.17) is 0 Å². The van der Waals surface area contributed by atoms with Gasteiger partial charge in [0.2, 0.25) is 5.95 Å². The van der Waals surface area contributed by atoms with Crippen molar-refractivity contribution in [2.24, 2.45) is 0 Å². The average molecular weight is 400 g/mol. The Hall–Kier alpha value is -4.51. The molecule has 0 aliphatic rings. The third-order valence-electron chi connectivity index (χ3n) is 4.14. The van der Waals surface area contributed by atoms with Crippen molar-refractivity contribution in [3.63, 3.8) is 0 Å². The Bertz CT molecular complexity index is 1330. The highest BCUT2D eigenvalue weighted by molar-refractivity contribution is 6.04. The summed E-state index contributed by atoms with van der Waals surface area (Å²) in [6.07, 6.45) is 0. The number of H-pyrrole nitrogens is 1. The fourth-order valence-electron chi connectivity index (χ4n) is 2.74. The van der Waals surface area contributed by atoms with Gasteiger partial charge in [-0.15, -0.1) is 0 Å². The lowest BCUT2D eigenvalue weighted by Crippen LogP contribution is -2.15. The number of carboxylic acids is 1. The standard InChI is InChI=1S/C22H13FN4O3/c23-14-10-7-13(8-11-14)9-12-15-3-1-6-18(24-15)20(28)27-22-25-17-5-2-4-16(21(29)30)19(17)26-22/h1-8,10-11H,(H,29,30)(H2,25,26,27,28). The van der Waals surface area contributed by atoms with Gasteiger partial charge in [-0.3, -0.25) is 10.1 Å². The summed E-state index contributed by atoms with van der Waals surface area (Å²) in [5.74, 6) is 3.80. The Kier molecular flexibility index (Phi) is 4.93. The number of para-hydroxylation sites is 1. The molecule has 8 heteroatoms. The average Bonchev–Trinajstić information content (AvgIpc) is 3.15. The fourth-order valence-corrected chi connectivity index (χ4v) is 2.74. The predicted molar refractivity (Wildman–Crippen MR) is 108 cm³/mol. The summed E-state index contributed by atoms with van der Waals surface area (Å²) in [5.41, 5.74) is 1.85. The zero-order valence-electron chi connectivity index (χ0n) is 15.3. The van der Waals surface area contributed by atoms with Crippen molar-refractivity contribution >= 4 is 28.9 Å². The quantitative estimate of drug-likeness (QED) is 0.457. The van der Waals surface area contributed by atoms with Crippen LogP contribution in [0.4, 0.5) is 10.3 Å². The molecule has 4 rings (SSSR count). The number of aromatic carboxylic acids is 1. The Morgan fingerprint density at radius 2 is 1.73 bits per heavy atom. The van der Waals surface area contributed by atoms with Crippen molar-refractivity contribution in [3.8, 4) is 11.8 Å². The van der Waals surface area contributed by atoms with Crippen molar-refractivity contribution in [1.82, 2.24) is 15.0 Å². The molecule has 0 bridgehead atoms. The molecular weight excluding hydrogens is 387 g/mol. The molecule has 2 heterocycles. The molecule has 0 saturated carbocycles. The minimum atomic E-state index is -1.11. The highest BCUT2D eigenvalue weighted by atomic mass is 19.1. The Balaban J connectivity index is 1.55. The van der Waals surface area contributed by atoms with Gasteiger partial charge in [0.1, 0.15) is 22.7 Å². The number of hydrogen-bond donors (Lipinski definition) is 3. The molecule has 1 amide bonds. The molecule has 0 fully saturated rings. The Morgan fingerprint density at radius 1 is 0.967 bits per heavy atom. The number of amides is 1. The van der Waals surface area contributed by atoms with Gasteiger partial charge in [-0.2, -0.15) is 0 Å². The van der Waals surface area contributed by atoms with Crippen LogP contribution in [0.1, 0.15) is 32.1 Å². The Morgan fingerprint density at radius 3 is 2.50 bits per heavy atom. The van der Waals surface area contributed by atoms with Gasteiger partial charge >= 0.3 is 5.97 Å². The van der Waals surface area contributed by atoms with E-state index in [1.807, 2.05) is 0 Å². The van der Waals surface area contributed by atoms with Crippen LogP contribution in [0.3, 0.4) is 0 Å². The lowest BCUT2D eigenvalue weighted by atomic mass is 10.2. The second-order valence-corrected chi connectivity index (χ2v) is 6.21. The molecule has 0 unspecified atom stereocenters. The predicted octanol–water partition coefficient (Wildman–Crippen LogP) is 3.45. The smallest absolute Gasteiger partial charge is 0.337 e. The molecule has 30 heavy (non-hydrogen) atoms. The van der Waals surface area contributed by atoms with Gasteiger partial charge in [-0.25, -0.2) is 19.2 Å². The van der Waals surface area contributed by atoms with Gasteiger partial charge < -0.3 is 10.1 Å². The van der Waals surface area contributed by atoms with E-state index < -0.39 is 11.9 Å². The summed E-state index contributed by atoms with van der Waals surface area (Å²) in [4.78, 5) is 35.1. The second kappa shape index (κ2) is 7.85. The van der Waals surface area contributed by atoms with Crippen molar-refractivity contribution < 1.29 is 19.1 Å². The molecule has 0 saturated heterocycles. The third kappa shape index (κ3) is 4.00. The second-order valence-electron chi connectivity index (χ2n) is 6.21. The number of hydrogen-bond acceptors (Lipinski definition) is 4. The van der Waals surface area contributed by atoms with Crippen molar-refractivity contribution in [2.45, 2.75) is 0 Å². The van der Waals surface area contributed by atoms with E-state index in [-0.39, 0.29) is 28.5 Å². The number of carbonyl (C=O) groups is 2. The van der Waals surface area contributed by atoms with Crippen molar-refractivity contribution in [3.05, 3.63) is 89.0 Å². The van der Waals surface area contributed by atoms with Crippen LogP contribution in [0, 0.1) is 17.7 Å². The van der Waals surface area contributed by atoms with E-state index in [9.17, 15) is 19.1 Å². The molecular formula is C22H13FN4O3. The monoisotopic (exact) mass is 400 g/mol. The van der Waals surface area contributed by atoms with Crippen LogP contribution < -0.4 is 5.32 Å². The Labute approximate surface area is 169 Å². The molecule has 0 spiro atoms. The maximum atomic E-state index is 13.0. The van der Waals surface area contributed by atoms with Crippen molar-refractivity contribution in [1.29, 1.82) is 0 Å². The van der Waals surface area contributed by atoms with Crippen LogP contribution in [0.2, 0.25) is 0 Å². The van der Waals surface area contributed by atoms with Gasteiger partial charge in [0.15, 0.2) is 0 Å². The maximum Gasteiger partial charge on any atom is 0.337 e. The summed E-state index contributed by atoms with van der Waals surface area (Å²) in [6.45, 7) is 0. The number of carbonyl (C=O) groups excluding carboxylic acids is 1. The number of anilines is 1. The number of aromatic amines is 1. The number of nitrogens with one attached hydrogen (secondary N) is 2. The molecule has 146 valence electrons. The van der Waals surface area contributed by atoms with E-state index in [0.717, 1.165) is 0 Å². The van der Waals surface area contributed by atoms with E-state index in [1.54, 1.807) is 36.4 Å². The summed E-state index contributed by atoms with van der Waals surface area (Å²) < 4.78 is 13.0. The molecule has 4 aromatic rings. The summed E-state index contributed by atoms with van der Waals surface area (Å²) in [6, 6.07) is 15.2. The van der Waals surface area contributed by atoms with Crippen LogP contribution in [0.15, 0.2) is 60.7 Å². The maximum absolute atomic E-state index is 13.0. The largest absolute Gasteiger partial charge is 0.478 e. The van der Waals surface area contributed by atoms with Crippen LogP contribution in [0.5, 0.6) is 0 Å². The summed E-state index contributed by atoms with van der Waals surface area (Å²) in [5, 5.41) is 11.8. The lowest BCUT2D eigenvalue weighted by molar-refractivity contribution is 0.0698. The number of fused-ring (bicyclic) bond motifs is 1. The molecule has 0 atom stereocenters. The van der Waals surface area contributed by atoms with Gasteiger partial charge in [0.05, 0.1) is 11.1 Å². The first kappa shape index (κ1) is 18.8. The van der Waals surface area contributed by atoms with Gasteiger partial charge in [0, 0.05) is 5.56 Å². The van der Waals surface area contributed by atoms with E-state index in [0.29, 0.717) is 16.8 Å². The van der Waals surface area contributed by atoms with Crippen LogP contribution in [-0.4, -0.2) is 31.9 Å². The lowest BCUT2D eigenvalue weighted by Gasteiger charge is -2.01. The van der Waals surface area contributed by atoms with Crippen molar-refractivity contribution in [2.75, 3.05) is 5.32 Å². The number of carboxylic acid groups (broad SMARTS) is 1. The molecule has 7 nitrogen and oxygen atoms in total. The number of imidazole rings is 1. The fraction of sp³-hybridized carbons (Fsp3) is 0. The molecule has 0 aliphatic carbocycles. The highest BCUT2D eigenvalue weighted by Crippen LogP contribution is 2.19. The van der Waals surface area contributed by atoms with Gasteiger partial charge in [-0.1, -0.05) is 18.1 Å². The number of aromatic nitrogens is 3. The summed E-state index contributed by atoms with van der Waals surface area (Å²) in [7, 11) is 0. The van der Waals surface area contributed by atoms with Crippen LogP contribution in [-0.2, 0) is 0 Å². The topological polar surface area (TPSA) is 108 Å². The van der Waals surface area contributed by atoms with E-state index in [1.165, 1.54) is 24.3 Å². The third-order valence-corrected chi connectivity index (χ3v) is 4.14. The SMILES string of the molecule is O=C(Nc1nc2c(C(=O)O)cccc2[nH]1)c1cccc(C#Cc2ccc(F)cc2)n1. The van der Waals surface area contributed by atoms with Crippen LogP contribution >= 0.6 is 0 Å². The number of nitrogens with zero attached hydrogens (tertiary/aromatic N) is 2.